The van der Waals surface area contributed by atoms with Gasteiger partial charge in [-0.25, -0.2) is 0 Å². The van der Waals surface area contributed by atoms with Crippen molar-refractivity contribution in [2.45, 2.75) is 43.7 Å². The molecule has 0 bridgehead atoms. The number of piperazine rings is 1. The molecule has 0 aliphatic carbocycles. The summed E-state index contributed by atoms with van der Waals surface area (Å²) in [7, 11) is 2.33. The van der Waals surface area contributed by atoms with Gasteiger partial charge in [-0.1, -0.05) is 30.3 Å². The van der Waals surface area contributed by atoms with Gasteiger partial charge in [0.05, 0.1) is 0 Å². The summed E-state index contributed by atoms with van der Waals surface area (Å²) >= 11 is 0. The lowest BCUT2D eigenvalue weighted by molar-refractivity contribution is -0.0750. The highest BCUT2D eigenvalue weighted by atomic mass is 16.5. The van der Waals surface area contributed by atoms with E-state index in [2.05, 4.69) is 52.1 Å². The Labute approximate surface area is 159 Å². The topological polar surface area (TPSA) is 19.0 Å². The average Bonchev–Trinajstić information content (AvgIpc) is 2.71. The van der Waals surface area contributed by atoms with Gasteiger partial charge in [0.2, 0.25) is 0 Å². The Morgan fingerprint density at radius 2 is 1.73 bits per heavy atom. The first kappa shape index (κ1) is 18.4. The van der Waals surface area contributed by atoms with Gasteiger partial charge < -0.3 is 9.64 Å². The number of hydrogen-bond donors (Lipinski definition) is 0. The minimum absolute atomic E-state index is 0.376. The van der Waals surface area contributed by atoms with E-state index in [1.807, 2.05) is 0 Å². The molecular formula is C22H35N3O. The maximum Gasteiger partial charge on any atom is 0.0484 e. The molecule has 3 heterocycles. The van der Waals surface area contributed by atoms with E-state index >= 15 is 0 Å². The third-order valence-corrected chi connectivity index (χ3v) is 7.09. The summed E-state index contributed by atoms with van der Waals surface area (Å²) in [5, 5.41) is 0. The van der Waals surface area contributed by atoms with Gasteiger partial charge in [0.25, 0.3) is 0 Å². The maximum absolute atomic E-state index is 5.65. The fourth-order valence-electron chi connectivity index (χ4n) is 5.14. The Hall–Kier alpha value is -0.940. The molecule has 144 valence electrons. The van der Waals surface area contributed by atoms with Gasteiger partial charge >= 0.3 is 0 Å². The summed E-state index contributed by atoms with van der Waals surface area (Å²) in [5.74, 6) is 0. The van der Waals surface area contributed by atoms with Crippen LogP contribution in [0.25, 0.3) is 0 Å². The molecule has 4 nitrogen and oxygen atoms in total. The first-order valence-corrected chi connectivity index (χ1v) is 10.5. The molecule has 0 saturated carbocycles. The smallest absolute Gasteiger partial charge is 0.0484 e. The third kappa shape index (κ3) is 4.14. The van der Waals surface area contributed by atoms with Crippen LogP contribution in [0.5, 0.6) is 0 Å². The normalized spacial score (nSPS) is 26.3. The Morgan fingerprint density at radius 3 is 2.46 bits per heavy atom. The van der Waals surface area contributed by atoms with Gasteiger partial charge in [0.1, 0.15) is 0 Å². The highest BCUT2D eigenvalue weighted by Gasteiger charge is 2.42. The fraction of sp³-hybridized carbons (Fsp3) is 0.727. The molecule has 1 spiro atoms. The molecule has 1 aromatic carbocycles. The highest BCUT2D eigenvalue weighted by molar-refractivity contribution is 5.14. The number of likely N-dealkylation sites (tertiary alicyclic amines) is 1. The number of ether oxygens (including phenoxy) is 1. The van der Waals surface area contributed by atoms with Crippen LogP contribution in [-0.2, 0) is 11.2 Å². The van der Waals surface area contributed by atoms with Gasteiger partial charge in [-0.2, -0.15) is 0 Å². The van der Waals surface area contributed by atoms with Crippen LogP contribution >= 0.6 is 0 Å². The summed E-state index contributed by atoms with van der Waals surface area (Å²) in [6, 6.07) is 11.7. The van der Waals surface area contributed by atoms with Crippen molar-refractivity contribution in [3.05, 3.63) is 35.9 Å². The molecule has 4 rings (SSSR count). The zero-order valence-electron chi connectivity index (χ0n) is 16.4. The number of piperidine rings is 1. The zero-order chi connectivity index (χ0) is 17.8. The molecule has 3 fully saturated rings. The molecule has 0 aromatic heterocycles. The second-order valence-corrected chi connectivity index (χ2v) is 8.54. The van der Waals surface area contributed by atoms with Crippen LogP contribution < -0.4 is 0 Å². The average molecular weight is 358 g/mol. The molecule has 3 aliphatic rings. The standard InChI is InChI=1S/C22H35N3O/c1-23-15-16-25(19-22(23)10-17-26-18-11-22)21-8-13-24(14-9-21)12-7-20-5-3-2-4-6-20/h2-6,21H,7-19H2,1H3. The number of nitrogens with zero attached hydrogens (tertiary/aromatic N) is 3. The second-order valence-electron chi connectivity index (χ2n) is 8.54. The van der Waals surface area contributed by atoms with Crippen LogP contribution in [0.4, 0.5) is 0 Å². The summed E-state index contributed by atoms with van der Waals surface area (Å²) < 4.78 is 5.65. The molecule has 0 atom stereocenters. The molecule has 0 amide bonds. The van der Waals surface area contributed by atoms with E-state index in [-0.39, 0.29) is 0 Å². The first-order chi connectivity index (χ1) is 12.8. The van der Waals surface area contributed by atoms with Crippen molar-refractivity contribution in [1.82, 2.24) is 14.7 Å². The van der Waals surface area contributed by atoms with E-state index in [1.165, 1.54) is 76.9 Å². The monoisotopic (exact) mass is 357 g/mol. The molecule has 0 radical (unpaired) electrons. The van der Waals surface area contributed by atoms with E-state index in [1.54, 1.807) is 0 Å². The Balaban J connectivity index is 1.26. The summed E-state index contributed by atoms with van der Waals surface area (Å²) in [6.45, 7) is 9.33. The van der Waals surface area contributed by atoms with E-state index < -0.39 is 0 Å². The Bertz CT molecular complexity index is 550. The van der Waals surface area contributed by atoms with Crippen molar-refractivity contribution in [3.63, 3.8) is 0 Å². The highest BCUT2D eigenvalue weighted by Crippen LogP contribution is 2.32. The SMILES string of the molecule is CN1CCN(C2CCN(CCc3ccccc3)CC2)CC12CCOCC2. The van der Waals surface area contributed by atoms with Crippen LogP contribution in [0.3, 0.4) is 0 Å². The summed E-state index contributed by atoms with van der Waals surface area (Å²) in [6.07, 6.45) is 6.27. The van der Waals surface area contributed by atoms with Crippen LogP contribution in [-0.4, -0.2) is 85.8 Å². The van der Waals surface area contributed by atoms with Gasteiger partial charge in [-0.15, -0.1) is 0 Å². The van der Waals surface area contributed by atoms with Crippen LogP contribution in [0.15, 0.2) is 30.3 Å². The third-order valence-electron chi connectivity index (χ3n) is 7.09. The van der Waals surface area contributed by atoms with Crippen molar-refractivity contribution in [2.75, 3.05) is 59.5 Å². The molecule has 3 saturated heterocycles. The zero-order valence-corrected chi connectivity index (χ0v) is 16.4. The summed E-state index contributed by atoms with van der Waals surface area (Å²) in [5.41, 5.74) is 1.84. The minimum atomic E-state index is 0.376. The van der Waals surface area contributed by atoms with Crippen LogP contribution in [0.1, 0.15) is 31.2 Å². The van der Waals surface area contributed by atoms with Gasteiger partial charge in [0, 0.05) is 51.0 Å². The van der Waals surface area contributed by atoms with E-state index in [9.17, 15) is 0 Å². The maximum atomic E-state index is 5.65. The molecule has 0 unspecified atom stereocenters. The first-order valence-electron chi connectivity index (χ1n) is 10.5. The molecule has 26 heavy (non-hydrogen) atoms. The van der Waals surface area contributed by atoms with Gasteiger partial charge in [0.15, 0.2) is 0 Å². The largest absolute Gasteiger partial charge is 0.381 e. The number of likely N-dealkylation sites (N-methyl/N-ethyl adjacent to an activating group) is 1. The summed E-state index contributed by atoms with van der Waals surface area (Å²) in [4.78, 5) is 8.12. The van der Waals surface area contributed by atoms with Crippen LogP contribution in [0, 0.1) is 0 Å². The number of hydrogen-bond acceptors (Lipinski definition) is 4. The molecule has 1 aromatic rings. The van der Waals surface area contributed by atoms with Crippen molar-refractivity contribution in [1.29, 1.82) is 0 Å². The lowest BCUT2D eigenvalue weighted by Gasteiger charge is -2.53. The van der Waals surface area contributed by atoms with Crippen molar-refractivity contribution >= 4 is 0 Å². The fourth-order valence-corrected chi connectivity index (χ4v) is 5.14. The minimum Gasteiger partial charge on any atom is -0.381 e. The molecular weight excluding hydrogens is 322 g/mol. The van der Waals surface area contributed by atoms with Crippen molar-refractivity contribution < 1.29 is 4.74 Å². The predicted octanol–water partition coefficient (Wildman–Crippen LogP) is 2.49. The lowest BCUT2D eigenvalue weighted by Crippen LogP contribution is -2.65. The second kappa shape index (κ2) is 8.39. The predicted molar refractivity (Wildman–Crippen MR) is 107 cm³/mol. The van der Waals surface area contributed by atoms with Crippen molar-refractivity contribution in [2.24, 2.45) is 0 Å². The molecule has 0 N–H and O–H groups in total. The van der Waals surface area contributed by atoms with Crippen LogP contribution in [0.2, 0.25) is 0 Å². The Kier molecular flexibility index (Phi) is 5.94. The van der Waals surface area contributed by atoms with Gasteiger partial charge in [-0.05, 0) is 57.8 Å². The van der Waals surface area contributed by atoms with Crippen molar-refractivity contribution in [3.8, 4) is 0 Å². The van der Waals surface area contributed by atoms with E-state index in [0.29, 0.717) is 5.54 Å². The lowest BCUT2D eigenvalue weighted by atomic mass is 9.84. The number of rotatable bonds is 4. The van der Waals surface area contributed by atoms with E-state index in [0.717, 1.165) is 19.3 Å². The number of benzene rings is 1. The van der Waals surface area contributed by atoms with Gasteiger partial charge in [-0.3, -0.25) is 9.80 Å². The molecule has 4 heteroatoms. The molecule has 3 aliphatic heterocycles. The van der Waals surface area contributed by atoms with E-state index in [4.69, 9.17) is 4.74 Å². The Morgan fingerprint density at radius 1 is 1.00 bits per heavy atom. The quantitative estimate of drug-likeness (QED) is 0.824.